The maximum absolute atomic E-state index is 13.6. The molecule has 0 amide bonds. The summed E-state index contributed by atoms with van der Waals surface area (Å²) in [5.74, 6) is 5.91. The SMILES string of the molecule is NNC(Cc1cc(F)ccc1F)C1CCCCS1. The molecule has 1 aliphatic heterocycles. The van der Waals surface area contributed by atoms with Crippen molar-refractivity contribution in [3.63, 3.8) is 0 Å². The lowest BCUT2D eigenvalue weighted by atomic mass is 9.99. The van der Waals surface area contributed by atoms with E-state index in [1.807, 2.05) is 11.8 Å². The fourth-order valence-corrected chi connectivity index (χ4v) is 3.73. The molecule has 1 saturated heterocycles. The highest BCUT2D eigenvalue weighted by Gasteiger charge is 2.24. The van der Waals surface area contributed by atoms with Crippen molar-refractivity contribution in [2.75, 3.05) is 5.75 Å². The normalized spacial score (nSPS) is 21.8. The third kappa shape index (κ3) is 3.43. The number of hydrazine groups is 1. The van der Waals surface area contributed by atoms with Crippen molar-refractivity contribution in [1.29, 1.82) is 0 Å². The summed E-state index contributed by atoms with van der Waals surface area (Å²) in [5.41, 5.74) is 3.15. The van der Waals surface area contributed by atoms with E-state index in [1.54, 1.807) is 0 Å². The highest BCUT2D eigenvalue weighted by molar-refractivity contribution is 8.00. The molecule has 2 atom stereocenters. The van der Waals surface area contributed by atoms with Gasteiger partial charge in [0.15, 0.2) is 0 Å². The van der Waals surface area contributed by atoms with Gasteiger partial charge in [-0.05, 0) is 48.8 Å². The Balaban J connectivity index is 2.06. The minimum atomic E-state index is -0.404. The van der Waals surface area contributed by atoms with Crippen molar-refractivity contribution < 1.29 is 8.78 Å². The van der Waals surface area contributed by atoms with Gasteiger partial charge >= 0.3 is 0 Å². The van der Waals surface area contributed by atoms with Crippen LogP contribution in [0.15, 0.2) is 18.2 Å². The van der Waals surface area contributed by atoms with E-state index >= 15 is 0 Å². The van der Waals surface area contributed by atoms with Crippen molar-refractivity contribution in [1.82, 2.24) is 5.43 Å². The first-order valence-electron chi connectivity index (χ1n) is 6.22. The molecule has 5 heteroatoms. The maximum Gasteiger partial charge on any atom is 0.126 e. The summed E-state index contributed by atoms with van der Waals surface area (Å²) < 4.78 is 26.7. The van der Waals surface area contributed by atoms with Crippen LogP contribution in [0.3, 0.4) is 0 Å². The van der Waals surface area contributed by atoms with E-state index in [0.717, 1.165) is 18.2 Å². The molecule has 2 rings (SSSR count). The van der Waals surface area contributed by atoms with Gasteiger partial charge < -0.3 is 0 Å². The van der Waals surface area contributed by atoms with Crippen LogP contribution in [0.2, 0.25) is 0 Å². The van der Waals surface area contributed by atoms with Gasteiger partial charge in [-0.2, -0.15) is 11.8 Å². The number of halogens is 2. The first-order chi connectivity index (χ1) is 8.70. The quantitative estimate of drug-likeness (QED) is 0.653. The lowest BCUT2D eigenvalue weighted by Gasteiger charge is -2.29. The Morgan fingerprint density at radius 3 is 2.89 bits per heavy atom. The number of nitrogens with two attached hydrogens (primary N) is 1. The van der Waals surface area contributed by atoms with Crippen LogP contribution < -0.4 is 11.3 Å². The average molecular weight is 272 g/mol. The zero-order chi connectivity index (χ0) is 13.0. The fraction of sp³-hybridized carbons (Fsp3) is 0.538. The minimum absolute atomic E-state index is 0.00778. The lowest BCUT2D eigenvalue weighted by molar-refractivity contribution is 0.462. The van der Waals surface area contributed by atoms with Crippen LogP contribution in [0.5, 0.6) is 0 Å². The van der Waals surface area contributed by atoms with Crippen LogP contribution in [-0.2, 0) is 6.42 Å². The monoisotopic (exact) mass is 272 g/mol. The fourth-order valence-electron chi connectivity index (χ4n) is 2.32. The number of hydrogen-bond acceptors (Lipinski definition) is 3. The van der Waals surface area contributed by atoms with Crippen LogP contribution in [0, 0.1) is 11.6 Å². The van der Waals surface area contributed by atoms with E-state index in [9.17, 15) is 8.78 Å². The summed E-state index contributed by atoms with van der Waals surface area (Å²) in [7, 11) is 0. The minimum Gasteiger partial charge on any atom is -0.271 e. The zero-order valence-corrected chi connectivity index (χ0v) is 11.0. The largest absolute Gasteiger partial charge is 0.271 e. The van der Waals surface area contributed by atoms with Crippen molar-refractivity contribution >= 4 is 11.8 Å². The number of rotatable bonds is 4. The van der Waals surface area contributed by atoms with Gasteiger partial charge in [-0.3, -0.25) is 11.3 Å². The molecule has 0 bridgehead atoms. The zero-order valence-electron chi connectivity index (χ0n) is 10.2. The maximum atomic E-state index is 13.6. The average Bonchev–Trinajstić information content (AvgIpc) is 2.41. The van der Waals surface area contributed by atoms with Crippen LogP contribution in [0.25, 0.3) is 0 Å². The molecule has 1 heterocycles. The van der Waals surface area contributed by atoms with E-state index in [4.69, 9.17) is 5.84 Å². The van der Waals surface area contributed by atoms with Crippen molar-refractivity contribution in [2.24, 2.45) is 5.84 Å². The van der Waals surface area contributed by atoms with E-state index in [-0.39, 0.29) is 11.9 Å². The van der Waals surface area contributed by atoms with Gasteiger partial charge in [-0.15, -0.1) is 0 Å². The third-order valence-corrected chi connectivity index (χ3v) is 4.84. The van der Waals surface area contributed by atoms with Gasteiger partial charge in [-0.1, -0.05) is 6.42 Å². The second kappa shape index (κ2) is 6.50. The van der Waals surface area contributed by atoms with Gasteiger partial charge in [-0.25, -0.2) is 8.78 Å². The van der Waals surface area contributed by atoms with Crippen molar-refractivity contribution in [2.45, 2.75) is 37.0 Å². The molecule has 1 aromatic carbocycles. The summed E-state index contributed by atoms with van der Waals surface area (Å²) in [6, 6.07) is 3.56. The molecule has 1 fully saturated rings. The Morgan fingerprint density at radius 2 is 2.22 bits per heavy atom. The predicted octanol–water partition coefficient (Wildman–Crippen LogP) is 2.62. The van der Waals surface area contributed by atoms with Gasteiger partial charge in [0.2, 0.25) is 0 Å². The molecule has 100 valence electrons. The topological polar surface area (TPSA) is 38.0 Å². The molecule has 2 unspecified atom stereocenters. The Labute approximate surface area is 110 Å². The van der Waals surface area contributed by atoms with Crippen LogP contribution in [0.1, 0.15) is 24.8 Å². The molecule has 0 radical (unpaired) electrons. The van der Waals surface area contributed by atoms with Crippen molar-refractivity contribution in [3.05, 3.63) is 35.4 Å². The van der Waals surface area contributed by atoms with E-state index in [2.05, 4.69) is 5.43 Å². The molecule has 2 nitrogen and oxygen atoms in total. The van der Waals surface area contributed by atoms with Gasteiger partial charge in [0.25, 0.3) is 0 Å². The van der Waals surface area contributed by atoms with Crippen molar-refractivity contribution in [3.8, 4) is 0 Å². The van der Waals surface area contributed by atoms with E-state index < -0.39 is 5.82 Å². The molecule has 3 N–H and O–H groups in total. The summed E-state index contributed by atoms with van der Waals surface area (Å²) in [6.45, 7) is 0. The van der Waals surface area contributed by atoms with E-state index in [0.29, 0.717) is 17.2 Å². The second-order valence-corrected chi connectivity index (χ2v) is 5.97. The van der Waals surface area contributed by atoms with Crippen LogP contribution in [-0.4, -0.2) is 17.0 Å². The molecular weight excluding hydrogens is 254 g/mol. The molecule has 0 saturated carbocycles. The summed E-state index contributed by atoms with van der Waals surface area (Å²) in [5, 5.41) is 0.381. The molecule has 1 aromatic rings. The standard InChI is InChI=1S/C13H18F2N2S/c14-10-4-5-11(15)9(7-10)8-12(17-16)13-3-1-2-6-18-13/h4-5,7,12-13,17H,1-3,6,8,16H2. The van der Waals surface area contributed by atoms with Gasteiger partial charge in [0.05, 0.1) is 0 Å². The molecule has 0 aliphatic carbocycles. The smallest absolute Gasteiger partial charge is 0.126 e. The Morgan fingerprint density at radius 1 is 1.39 bits per heavy atom. The number of nitrogens with one attached hydrogen (secondary N) is 1. The summed E-state index contributed by atoms with van der Waals surface area (Å²) in [4.78, 5) is 0. The third-order valence-electron chi connectivity index (χ3n) is 3.33. The summed E-state index contributed by atoms with van der Waals surface area (Å²) >= 11 is 1.87. The molecule has 0 aromatic heterocycles. The van der Waals surface area contributed by atoms with E-state index in [1.165, 1.54) is 25.0 Å². The first kappa shape index (κ1) is 13.8. The highest BCUT2D eigenvalue weighted by atomic mass is 32.2. The number of benzene rings is 1. The summed E-state index contributed by atoms with van der Waals surface area (Å²) in [6.07, 6.45) is 3.92. The predicted molar refractivity (Wildman–Crippen MR) is 71.3 cm³/mol. The lowest BCUT2D eigenvalue weighted by Crippen LogP contribution is -2.45. The van der Waals surface area contributed by atoms with Gasteiger partial charge in [0, 0.05) is 11.3 Å². The Bertz CT molecular complexity index is 395. The van der Waals surface area contributed by atoms with Gasteiger partial charge in [0.1, 0.15) is 11.6 Å². The molecule has 18 heavy (non-hydrogen) atoms. The molecular formula is C13H18F2N2S. The highest BCUT2D eigenvalue weighted by Crippen LogP contribution is 2.29. The van der Waals surface area contributed by atoms with Crippen LogP contribution >= 0.6 is 11.8 Å². The number of thioether (sulfide) groups is 1. The molecule has 0 spiro atoms. The molecule has 1 aliphatic rings. The number of hydrogen-bond donors (Lipinski definition) is 2. The van der Waals surface area contributed by atoms with Crippen LogP contribution in [0.4, 0.5) is 8.78 Å². The first-order valence-corrected chi connectivity index (χ1v) is 7.27. The Kier molecular flexibility index (Phi) is 4.97. The second-order valence-electron chi connectivity index (χ2n) is 4.62. The Hall–Kier alpha value is -0.650.